The number of aryl methyl sites for hydroxylation is 7. The summed E-state index contributed by atoms with van der Waals surface area (Å²) in [6.45, 7) is 29.0. The number of hydrogen-bond acceptors (Lipinski definition) is 15. The van der Waals surface area contributed by atoms with Gasteiger partial charge in [-0.15, -0.1) is 178 Å². The van der Waals surface area contributed by atoms with Crippen LogP contribution in [0.5, 0.6) is 0 Å². The van der Waals surface area contributed by atoms with Gasteiger partial charge in [0, 0.05) is 156 Å². The minimum Gasteiger partial charge on any atom is -0.512 e. The molecule has 10 aromatic carbocycles. The summed E-state index contributed by atoms with van der Waals surface area (Å²) in [4.78, 5) is 72.5. The van der Waals surface area contributed by atoms with Gasteiger partial charge in [0.2, 0.25) is 0 Å². The number of benzene rings is 10. The Labute approximate surface area is 863 Å². The number of para-hydroxylation sites is 1. The first-order chi connectivity index (χ1) is 62.1. The minimum atomic E-state index is -0.125. The Kier molecular flexibility index (Phi) is 58.2. The van der Waals surface area contributed by atoms with Gasteiger partial charge in [-0.2, -0.15) is 0 Å². The SMILES string of the molecule is CC(=O)C=C(C)O.CC(=O)C=C(C)O.CC(=O)C=C(C)O.CC(=O)C=C(C)O.CC(=O)C=C(C)O.Cc1c[c-]c(-c2ccc3ccccc3n2)cc1C.Cc1cc[c-]c(-c2cc(-c3ccccc3)ccn2)c1.Cc1ccc(-c2ccnc(-c3[c-]cccc3)c2)c(C)c1.Cc1ccc(-c2ccnc(-c3[c-]cccc3)c2)cc1.Cc1cccc(-c2ccnc(-c3[c-]cccc3)c2)c1.[Ir].[Ir].[Ir].[Ir].[Ir]. The summed E-state index contributed by atoms with van der Waals surface area (Å²) in [7, 11) is 0. The Hall–Kier alpha value is -12.5. The van der Waals surface area contributed by atoms with Crippen molar-refractivity contribution in [1.82, 2.24) is 24.9 Å². The number of allylic oxidation sites excluding steroid dienone is 10. The molecule has 0 unspecified atom stereocenters. The molecule has 0 saturated heterocycles. The zero-order valence-electron chi connectivity index (χ0n) is 78.5. The number of ketones is 5. The van der Waals surface area contributed by atoms with Crippen LogP contribution >= 0.6 is 0 Å². The summed E-state index contributed by atoms with van der Waals surface area (Å²) in [6, 6.07) is 113. The molecule has 5 radical (unpaired) electrons. The number of carbonyl (C=O) groups excluding carboxylic acids is 5. The van der Waals surface area contributed by atoms with Crippen LogP contribution in [0.1, 0.15) is 108 Å². The molecule has 15 nitrogen and oxygen atoms in total. The Morgan fingerprint density at radius 1 is 0.252 bits per heavy atom. The number of aromatic nitrogens is 5. The molecule has 0 fully saturated rings. The molecule has 5 aromatic heterocycles. The van der Waals surface area contributed by atoms with E-state index in [-0.39, 0.29) is 158 Å². The summed E-state index contributed by atoms with van der Waals surface area (Å²) in [6.07, 6.45) is 13.3. The number of aliphatic hydroxyl groups is 5. The van der Waals surface area contributed by atoms with Crippen LogP contribution in [-0.2, 0) is 124 Å². The molecule has 0 bridgehead atoms. The van der Waals surface area contributed by atoms with Crippen molar-refractivity contribution < 1.29 is 150 Å². The number of carbonyl (C=O) groups is 5. The fourth-order valence-corrected chi connectivity index (χ4v) is 12.2. The number of aliphatic hydroxyl groups excluding tert-OH is 5. The normalized spacial score (nSPS) is 10.3. The van der Waals surface area contributed by atoms with Crippen LogP contribution in [-0.4, -0.2) is 79.4 Å². The average molecular weight is 2690 g/mol. The van der Waals surface area contributed by atoms with E-state index in [4.69, 9.17) is 25.5 Å². The molecule has 135 heavy (non-hydrogen) atoms. The van der Waals surface area contributed by atoms with Gasteiger partial charge in [0.05, 0.1) is 34.3 Å². The molecule has 5 N–H and O–H groups in total. The minimum absolute atomic E-state index is 0. The molecule has 0 aliphatic carbocycles. The van der Waals surface area contributed by atoms with Crippen LogP contribution in [0.4, 0.5) is 0 Å². The van der Waals surface area contributed by atoms with E-state index in [9.17, 15) is 24.0 Å². The second kappa shape index (κ2) is 65.2. The smallest absolute Gasteiger partial charge is 0.155 e. The Morgan fingerprint density at radius 3 is 0.993 bits per heavy atom. The van der Waals surface area contributed by atoms with Crippen molar-refractivity contribution in [2.75, 3.05) is 0 Å². The third-order valence-electron chi connectivity index (χ3n) is 18.1. The van der Waals surface area contributed by atoms with E-state index in [0.29, 0.717) is 0 Å². The van der Waals surface area contributed by atoms with Gasteiger partial charge in [0.1, 0.15) is 0 Å². The molecule has 707 valence electrons. The van der Waals surface area contributed by atoms with Crippen LogP contribution in [0.25, 0.3) is 112 Å². The quantitative estimate of drug-likeness (QED) is 0.0386. The zero-order valence-corrected chi connectivity index (χ0v) is 90.5. The summed E-state index contributed by atoms with van der Waals surface area (Å²) in [5, 5.41) is 43.0. The number of fused-ring (bicyclic) bond motifs is 1. The van der Waals surface area contributed by atoms with Crippen LogP contribution < -0.4 is 0 Å². The van der Waals surface area contributed by atoms with E-state index in [0.717, 1.165) is 61.8 Å². The van der Waals surface area contributed by atoms with Crippen molar-refractivity contribution in [3.63, 3.8) is 0 Å². The summed E-state index contributed by atoms with van der Waals surface area (Å²) in [5.74, 6) is -0.312. The molecule has 15 aromatic rings. The van der Waals surface area contributed by atoms with E-state index in [1.54, 1.807) is 0 Å². The third kappa shape index (κ3) is 47.3. The molecular formula is C115H112Ir5N5O10-5. The molecule has 20 heteroatoms. The van der Waals surface area contributed by atoms with Crippen molar-refractivity contribution in [2.24, 2.45) is 0 Å². The van der Waals surface area contributed by atoms with E-state index in [1.807, 2.05) is 170 Å². The summed E-state index contributed by atoms with van der Waals surface area (Å²) < 4.78 is 0. The molecule has 0 aliphatic heterocycles. The largest absolute Gasteiger partial charge is 0.512 e. The maximum atomic E-state index is 10.0. The maximum Gasteiger partial charge on any atom is 0.155 e. The van der Waals surface area contributed by atoms with Crippen molar-refractivity contribution in [3.8, 4) is 101 Å². The molecule has 15 rings (SSSR count). The Morgan fingerprint density at radius 2 is 0.600 bits per heavy atom. The van der Waals surface area contributed by atoms with Crippen molar-refractivity contribution in [1.29, 1.82) is 0 Å². The fourth-order valence-electron chi connectivity index (χ4n) is 12.2. The number of hydrogen-bond donors (Lipinski definition) is 5. The van der Waals surface area contributed by atoms with Crippen LogP contribution in [0.3, 0.4) is 0 Å². The fraction of sp³-hybridized carbons (Fsp3) is 0.148. The van der Waals surface area contributed by atoms with Gasteiger partial charge in [0.15, 0.2) is 28.9 Å². The van der Waals surface area contributed by atoms with E-state index in [2.05, 4.69) is 243 Å². The first-order valence-corrected chi connectivity index (χ1v) is 41.9. The van der Waals surface area contributed by atoms with Gasteiger partial charge in [-0.05, 0) is 211 Å². The predicted octanol–water partition coefficient (Wildman–Crippen LogP) is 27.9. The van der Waals surface area contributed by atoms with E-state index >= 15 is 0 Å². The number of nitrogens with zero attached hydrogens (tertiary/aromatic N) is 5. The van der Waals surface area contributed by atoms with E-state index < -0.39 is 0 Å². The Bertz CT molecular complexity index is 6060. The summed E-state index contributed by atoms with van der Waals surface area (Å²) in [5.41, 5.74) is 29.6. The first kappa shape index (κ1) is 121. The molecule has 5 heterocycles. The standard InChI is InChI=1S/C19H16N.3C18H14N.C17H14N.5C5H8O2.5Ir/c1-14-8-9-18(15(2)12-14)17-10-11-20-19(13-17)16-6-4-3-5-7-16;1-14-6-5-9-17(12-14)18-13-16(10-11-19-18)15-7-3-2-4-8-15;1-14-6-5-9-16(12-14)17-10-11-19-18(13-17)15-7-3-2-4-8-15;1-14-7-9-15(10-8-14)17-11-12-19-18(13-17)16-5-3-2-4-6-16;1-12-7-8-15(11-13(12)2)17-10-9-14-5-3-4-6-16(14)18-17;5*1-4(6)3-5(2)7;;;;;/h3-6,8-13H,1-2H3;2-8,10-13H,1H3;2-7,9-13H,1H3;2-5,7-13H,1H3;3-7,9-11H,1-2H3;5*3,6H,1-2H3;;;;;/q5*-1;;;;;;;;;;. The molecular weight excluding hydrogens is 2570 g/mol. The van der Waals surface area contributed by atoms with Crippen LogP contribution in [0, 0.1) is 78.8 Å². The average Bonchev–Trinajstić information content (AvgIpc) is 0.828. The van der Waals surface area contributed by atoms with Crippen molar-refractivity contribution in [3.05, 3.63) is 438 Å². The van der Waals surface area contributed by atoms with Crippen LogP contribution in [0.15, 0.2) is 369 Å². The zero-order chi connectivity index (χ0) is 95.0. The predicted molar refractivity (Wildman–Crippen MR) is 530 cm³/mol. The number of rotatable bonds is 14. The van der Waals surface area contributed by atoms with Crippen LogP contribution in [0.2, 0.25) is 0 Å². The molecule has 0 atom stereocenters. The topological polar surface area (TPSA) is 251 Å². The first-order valence-electron chi connectivity index (χ1n) is 41.9. The van der Waals surface area contributed by atoms with E-state index in [1.165, 1.54) is 188 Å². The van der Waals surface area contributed by atoms with Crippen molar-refractivity contribution in [2.45, 2.75) is 118 Å². The van der Waals surface area contributed by atoms with Gasteiger partial charge in [-0.1, -0.05) is 189 Å². The Balaban J connectivity index is 0.000000769. The van der Waals surface area contributed by atoms with Gasteiger partial charge < -0.3 is 45.5 Å². The summed E-state index contributed by atoms with van der Waals surface area (Å²) >= 11 is 0. The van der Waals surface area contributed by atoms with Gasteiger partial charge in [-0.3, -0.25) is 29.0 Å². The van der Waals surface area contributed by atoms with Gasteiger partial charge >= 0.3 is 0 Å². The second-order valence-corrected chi connectivity index (χ2v) is 30.3. The van der Waals surface area contributed by atoms with Gasteiger partial charge in [0.25, 0.3) is 0 Å². The van der Waals surface area contributed by atoms with Crippen molar-refractivity contribution >= 4 is 39.8 Å². The molecule has 0 amide bonds. The molecule has 0 aliphatic rings. The maximum absolute atomic E-state index is 10.0. The molecule has 0 saturated carbocycles. The van der Waals surface area contributed by atoms with Gasteiger partial charge in [-0.25, -0.2) is 0 Å². The third-order valence-corrected chi connectivity index (χ3v) is 18.1. The monoisotopic (exact) mass is 2690 g/mol. The second-order valence-electron chi connectivity index (χ2n) is 30.3. The molecule has 0 spiro atoms. The number of pyridine rings is 5.